The van der Waals surface area contributed by atoms with Gasteiger partial charge in [0.25, 0.3) is 0 Å². The van der Waals surface area contributed by atoms with E-state index in [-0.39, 0.29) is 6.54 Å². The highest BCUT2D eigenvalue weighted by Crippen LogP contribution is 2.49. The highest BCUT2D eigenvalue weighted by atomic mass is 16.5. The van der Waals surface area contributed by atoms with Crippen LogP contribution in [0.1, 0.15) is 19.3 Å². The lowest BCUT2D eigenvalue weighted by Gasteiger charge is -2.36. The number of carbonyl (C=O) groups excluding carboxylic acids is 3. The highest BCUT2D eigenvalue weighted by Gasteiger charge is 2.62. The van der Waals surface area contributed by atoms with E-state index in [0.29, 0.717) is 32.5 Å². The van der Waals surface area contributed by atoms with Crippen LogP contribution < -0.4 is 5.32 Å². The van der Waals surface area contributed by atoms with Crippen LogP contribution >= 0.6 is 0 Å². The molecule has 3 aliphatic rings. The van der Waals surface area contributed by atoms with Gasteiger partial charge in [0.05, 0.1) is 13.2 Å². The average molecular weight is 268 g/mol. The molecule has 0 aromatic rings. The lowest BCUT2D eigenvalue weighted by atomic mass is 9.98. The summed E-state index contributed by atoms with van der Waals surface area (Å²) in [6.45, 7) is 1.02. The minimum absolute atomic E-state index is 0.128. The predicted molar refractivity (Wildman–Crippen MR) is 62.1 cm³/mol. The summed E-state index contributed by atoms with van der Waals surface area (Å²) < 4.78 is 10.7. The Hall–Kier alpha value is -1.47. The van der Waals surface area contributed by atoms with E-state index in [9.17, 15) is 14.4 Å². The summed E-state index contributed by atoms with van der Waals surface area (Å²) in [5.41, 5.74) is -1.65. The van der Waals surface area contributed by atoms with Crippen molar-refractivity contribution in [1.29, 1.82) is 0 Å². The van der Waals surface area contributed by atoms with Gasteiger partial charge in [0.2, 0.25) is 11.8 Å². The van der Waals surface area contributed by atoms with Gasteiger partial charge in [0.15, 0.2) is 0 Å². The third kappa shape index (κ3) is 1.76. The summed E-state index contributed by atoms with van der Waals surface area (Å²) in [6, 6.07) is -0.657. The van der Waals surface area contributed by atoms with Gasteiger partial charge >= 0.3 is 6.03 Å². The van der Waals surface area contributed by atoms with Crippen LogP contribution in [0.3, 0.4) is 0 Å². The van der Waals surface area contributed by atoms with E-state index in [1.54, 1.807) is 7.11 Å². The number of hydrogen-bond donors (Lipinski definition) is 1. The summed E-state index contributed by atoms with van der Waals surface area (Å²) in [5, 5.41) is 2.26. The summed E-state index contributed by atoms with van der Waals surface area (Å²) >= 11 is 0. The largest absolute Gasteiger partial charge is 0.378 e. The van der Waals surface area contributed by atoms with Crippen LogP contribution in [0, 0.1) is 5.41 Å². The van der Waals surface area contributed by atoms with Crippen molar-refractivity contribution in [2.75, 3.05) is 26.9 Å². The maximum Gasteiger partial charge on any atom is 0.330 e. The van der Waals surface area contributed by atoms with Gasteiger partial charge < -0.3 is 9.47 Å². The molecule has 3 rings (SSSR count). The van der Waals surface area contributed by atoms with Gasteiger partial charge in [0, 0.05) is 20.1 Å². The van der Waals surface area contributed by atoms with Crippen LogP contribution in [0.5, 0.6) is 0 Å². The number of nitrogens with one attached hydrogen (secondary N) is 1. The molecule has 104 valence electrons. The van der Waals surface area contributed by atoms with Gasteiger partial charge in [-0.3, -0.25) is 19.8 Å². The van der Waals surface area contributed by atoms with Crippen molar-refractivity contribution in [2.24, 2.45) is 5.41 Å². The fourth-order valence-corrected chi connectivity index (χ4v) is 2.67. The van der Waals surface area contributed by atoms with Crippen molar-refractivity contribution < 1.29 is 23.9 Å². The second-order valence-electron chi connectivity index (χ2n) is 5.42. The zero-order valence-corrected chi connectivity index (χ0v) is 10.7. The molecule has 0 aromatic heterocycles. The van der Waals surface area contributed by atoms with E-state index in [2.05, 4.69) is 5.32 Å². The number of rotatable bonds is 3. The zero-order chi connectivity index (χ0) is 13.7. The number of barbiturate groups is 1. The van der Waals surface area contributed by atoms with E-state index < -0.39 is 28.9 Å². The lowest BCUT2D eigenvalue weighted by Crippen LogP contribution is -2.62. The SMILES string of the molecule is COC1(CN2C(=O)NC(=O)C3(CC3)C2=O)CCOC1. The standard InChI is InChI=1S/C12H16N2O5/c1-18-11(4-5-19-7-11)6-14-9(16)12(2-3-12)8(15)13-10(14)17/h2-7H2,1H3,(H,13,15,17). The van der Waals surface area contributed by atoms with Gasteiger partial charge in [-0.25, -0.2) is 4.79 Å². The molecule has 1 aliphatic carbocycles. The third-order valence-electron chi connectivity index (χ3n) is 4.25. The Balaban J connectivity index is 1.81. The molecule has 4 amide bonds. The number of nitrogens with zero attached hydrogens (tertiary/aromatic N) is 1. The molecule has 1 atom stereocenters. The molecule has 7 nitrogen and oxygen atoms in total. The molecule has 1 unspecified atom stereocenters. The minimum Gasteiger partial charge on any atom is -0.378 e. The third-order valence-corrected chi connectivity index (χ3v) is 4.25. The van der Waals surface area contributed by atoms with Crippen molar-refractivity contribution in [3.05, 3.63) is 0 Å². The normalized spacial score (nSPS) is 32.9. The summed E-state index contributed by atoms with van der Waals surface area (Å²) in [4.78, 5) is 37.0. The average Bonchev–Trinajstić information content (AvgIpc) is 3.07. The van der Waals surface area contributed by atoms with Crippen LogP contribution in [0.2, 0.25) is 0 Å². The summed E-state index contributed by atoms with van der Waals surface area (Å²) in [6.07, 6.45) is 1.65. The van der Waals surface area contributed by atoms with Crippen LogP contribution in [0.15, 0.2) is 0 Å². The second kappa shape index (κ2) is 4.01. The number of ether oxygens (including phenoxy) is 2. The Morgan fingerprint density at radius 1 is 1.32 bits per heavy atom. The number of hydrogen-bond acceptors (Lipinski definition) is 5. The maximum atomic E-state index is 12.3. The second-order valence-corrected chi connectivity index (χ2v) is 5.42. The first-order valence-electron chi connectivity index (χ1n) is 6.33. The Morgan fingerprint density at radius 2 is 2.05 bits per heavy atom. The van der Waals surface area contributed by atoms with E-state index in [4.69, 9.17) is 9.47 Å². The van der Waals surface area contributed by atoms with Crippen molar-refractivity contribution >= 4 is 17.8 Å². The summed E-state index contributed by atoms with van der Waals surface area (Å²) in [5.74, 6) is -0.863. The van der Waals surface area contributed by atoms with Crippen LogP contribution in [0.4, 0.5) is 4.79 Å². The Kier molecular flexibility index (Phi) is 2.65. The number of amides is 4. The van der Waals surface area contributed by atoms with Crippen LogP contribution in [-0.2, 0) is 19.1 Å². The molecule has 1 spiro atoms. The van der Waals surface area contributed by atoms with E-state index in [1.165, 1.54) is 0 Å². The molecule has 2 heterocycles. The van der Waals surface area contributed by atoms with E-state index in [1.807, 2.05) is 0 Å². The molecule has 0 aromatic carbocycles. The van der Waals surface area contributed by atoms with Gasteiger partial charge in [-0.1, -0.05) is 0 Å². The molecule has 2 saturated heterocycles. The quantitative estimate of drug-likeness (QED) is 0.707. The van der Waals surface area contributed by atoms with Gasteiger partial charge in [-0.2, -0.15) is 0 Å². The van der Waals surface area contributed by atoms with Gasteiger partial charge in [-0.05, 0) is 12.8 Å². The molecule has 1 saturated carbocycles. The molecular weight excluding hydrogens is 252 g/mol. The molecule has 19 heavy (non-hydrogen) atoms. The molecule has 0 bridgehead atoms. The first-order chi connectivity index (χ1) is 9.03. The Labute approximate surface area is 110 Å². The van der Waals surface area contributed by atoms with E-state index >= 15 is 0 Å². The lowest BCUT2D eigenvalue weighted by molar-refractivity contribution is -0.147. The van der Waals surface area contributed by atoms with Crippen molar-refractivity contribution in [3.8, 4) is 0 Å². The smallest absolute Gasteiger partial charge is 0.330 e. The number of carbonyl (C=O) groups is 3. The highest BCUT2D eigenvalue weighted by molar-refractivity contribution is 6.20. The fraction of sp³-hybridized carbons (Fsp3) is 0.750. The number of urea groups is 1. The van der Waals surface area contributed by atoms with Crippen molar-refractivity contribution in [1.82, 2.24) is 10.2 Å². The zero-order valence-electron chi connectivity index (χ0n) is 10.7. The Morgan fingerprint density at radius 3 is 2.58 bits per heavy atom. The molecule has 0 radical (unpaired) electrons. The summed E-state index contributed by atoms with van der Waals surface area (Å²) in [7, 11) is 1.54. The van der Waals surface area contributed by atoms with Gasteiger partial charge in [-0.15, -0.1) is 0 Å². The van der Waals surface area contributed by atoms with Gasteiger partial charge in [0.1, 0.15) is 11.0 Å². The molecule has 3 fully saturated rings. The molecule has 2 aliphatic heterocycles. The first kappa shape index (κ1) is 12.6. The maximum absolute atomic E-state index is 12.3. The van der Waals surface area contributed by atoms with Crippen molar-refractivity contribution in [3.63, 3.8) is 0 Å². The minimum atomic E-state index is -0.998. The monoisotopic (exact) mass is 268 g/mol. The van der Waals surface area contributed by atoms with Crippen LogP contribution in [-0.4, -0.2) is 55.2 Å². The topological polar surface area (TPSA) is 84.9 Å². The molecular formula is C12H16N2O5. The fourth-order valence-electron chi connectivity index (χ4n) is 2.67. The molecule has 7 heteroatoms. The Bertz CT molecular complexity index is 451. The van der Waals surface area contributed by atoms with E-state index in [0.717, 1.165) is 4.90 Å². The van der Waals surface area contributed by atoms with Crippen molar-refractivity contribution in [2.45, 2.75) is 24.9 Å². The predicted octanol–water partition coefficient (Wildman–Crippen LogP) is -0.349. The molecule has 1 N–H and O–H groups in total. The first-order valence-corrected chi connectivity index (χ1v) is 6.33. The number of imide groups is 2. The number of methoxy groups -OCH3 is 1. The van der Waals surface area contributed by atoms with Crippen LogP contribution in [0.25, 0.3) is 0 Å².